The zero-order chi connectivity index (χ0) is 80.4. The summed E-state index contributed by atoms with van der Waals surface area (Å²) in [5.41, 5.74) is 12.3. The first-order valence-electron chi connectivity index (χ1n) is 36.1. The predicted molar refractivity (Wildman–Crippen MR) is 410 cm³/mol. The monoisotopic (exact) mass is 1590 g/mol. The lowest BCUT2D eigenvalue weighted by Gasteiger charge is -2.25. The number of hydrogen-bond donors (Lipinski definition) is 7. The number of nitrogens with one attached hydrogen (secondary N) is 2. The summed E-state index contributed by atoms with van der Waals surface area (Å²) in [5.74, 6) is 1.38. The molecule has 0 spiro atoms. The van der Waals surface area contributed by atoms with E-state index in [1.807, 2.05) is 0 Å². The van der Waals surface area contributed by atoms with Crippen molar-refractivity contribution < 1.29 is 90.3 Å². The van der Waals surface area contributed by atoms with E-state index < -0.39 is 75.8 Å². The van der Waals surface area contributed by atoms with Gasteiger partial charge in [0.15, 0.2) is 51.8 Å². The Morgan fingerprint density at radius 3 is 1.16 bits per heavy atom. The van der Waals surface area contributed by atoms with Crippen LogP contribution in [0.2, 0.25) is 15.1 Å². The molecule has 8 aromatic rings. The molecule has 9 N–H and O–H groups in total. The number of carbonyl (C=O) groups is 4. The second kappa shape index (κ2) is 33.4. The second-order valence-corrected chi connectivity index (χ2v) is 31.6. The lowest BCUT2D eigenvalue weighted by molar-refractivity contribution is 0.0395. The number of alkyl carbamates (subject to hydrolysis) is 2. The number of hydrogen-bond acceptors (Lipinski definition) is 21. The summed E-state index contributed by atoms with van der Waals surface area (Å²) in [5, 5.41) is 39.1. The molecule has 0 bridgehead atoms. The molecule has 3 aromatic heterocycles. The number of nitrogens with two attached hydrogens (primary N) is 2. The molecule has 23 nitrogen and oxygen atoms in total. The van der Waals surface area contributed by atoms with Crippen molar-refractivity contribution in [1.29, 1.82) is 0 Å². The van der Waals surface area contributed by atoms with Crippen molar-refractivity contribution >= 4 is 58.6 Å². The highest BCUT2D eigenvalue weighted by Gasteiger charge is 2.40. The standard InChI is InChI=1S/C33H36ClFN2O7.C28H28ClFN2O5.C21H25ClFN3O4/c1-32(2,3)44-31(39)36-24-17-42-30-21(24)16-28(37-29(30)19-6-10-23(35)22(34)14-19)33(4,40)13-12-25(38)18-7-11-26(27(15-18)41-5)43-20-8-9-20;1-28(34,10-9-22(33)15-4-8-23(24(12-15)35-2)37-17-5-6-17)25-13-18-21(31)14-36-27(18)26(32-25)16-3-7-20(30)19(29)11-16;1-20(2,3)30-19(27)25-15-9-29-18-12(15)8-16(21(4,28)10-24)26-17(18)11-5-6-14(23)13(22)7-11/h6-7,10-11,14-16,20,24,40H,8-9,12-13,17H2,1-5H3,(H,36,39);3-4,7-8,11-13,17,21,34H,5-6,9-10,14,31H2,1-2H3;5-8,15,28H,9-10,24H2,1-4H3,(H,25,27). The summed E-state index contributed by atoms with van der Waals surface area (Å²) in [6, 6.07) is 26.2. The lowest BCUT2D eigenvalue weighted by Crippen LogP contribution is -2.36. The highest BCUT2D eigenvalue weighted by molar-refractivity contribution is 6.31. The zero-order valence-corrected chi connectivity index (χ0v) is 65.4. The van der Waals surface area contributed by atoms with Gasteiger partial charge in [0.1, 0.15) is 82.4 Å². The molecule has 2 amide bonds. The topological polar surface area (TPSA) is 327 Å². The van der Waals surface area contributed by atoms with Gasteiger partial charge in [-0.3, -0.25) is 9.59 Å². The van der Waals surface area contributed by atoms with E-state index in [9.17, 15) is 47.7 Å². The number of carbonyl (C=O) groups excluding carboxylic acids is 4. The molecule has 13 rings (SSSR count). The van der Waals surface area contributed by atoms with Gasteiger partial charge in [-0.2, -0.15) is 0 Å². The van der Waals surface area contributed by atoms with Crippen molar-refractivity contribution in [2.45, 2.75) is 172 Å². The third kappa shape index (κ3) is 20.2. The van der Waals surface area contributed by atoms with E-state index in [0.717, 1.165) is 25.7 Å². The Labute approximate surface area is 655 Å². The summed E-state index contributed by atoms with van der Waals surface area (Å²) < 4.78 is 92.2. The molecule has 29 heteroatoms. The molecular weight excluding hydrogens is 1500 g/mol. The summed E-state index contributed by atoms with van der Waals surface area (Å²) >= 11 is 18.0. The van der Waals surface area contributed by atoms with Crippen LogP contribution in [0.1, 0.15) is 186 Å². The molecule has 0 saturated heterocycles. The predicted octanol–water partition coefficient (Wildman–Crippen LogP) is 15.9. The second-order valence-electron chi connectivity index (χ2n) is 30.4. The number of nitrogens with zero attached hydrogens (tertiary/aromatic N) is 3. The maximum atomic E-state index is 14.0. The van der Waals surface area contributed by atoms with Gasteiger partial charge in [-0.1, -0.05) is 34.8 Å². The van der Waals surface area contributed by atoms with Crippen molar-refractivity contribution in [3.63, 3.8) is 0 Å². The maximum Gasteiger partial charge on any atom is 0.408 e. The molecule has 5 aliphatic rings. The Kier molecular flexibility index (Phi) is 24.8. The SMILES string of the molecule is CC(C)(C)OC(=O)NC1COc2c1cc(C(C)(O)CN)nc2-c1ccc(F)c(Cl)c1.COc1cc(C(=O)CCC(C)(O)c2cc3c(c(-c4ccc(F)c(Cl)c4)n2)OCC3N)ccc1OC1CC1.COc1cc(C(=O)CCC(C)(O)c2cc3c(c(-c4ccc(F)c(Cl)c4)n2)OCC3NC(=O)OC(C)(C)C)ccc1OC1CC1. The molecule has 0 radical (unpaired) electrons. The van der Waals surface area contributed by atoms with Crippen LogP contribution in [-0.2, 0) is 26.3 Å². The van der Waals surface area contributed by atoms with Gasteiger partial charge in [0.2, 0.25) is 0 Å². The number of aromatic nitrogens is 3. The minimum atomic E-state index is -1.57. The number of ketones is 2. The van der Waals surface area contributed by atoms with Gasteiger partial charge in [0.25, 0.3) is 0 Å². The van der Waals surface area contributed by atoms with E-state index >= 15 is 0 Å². The Balaban J connectivity index is 0.000000168. The summed E-state index contributed by atoms with van der Waals surface area (Å²) in [6.45, 7) is 15.7. The molecule has 3 aliphatic heterocycles. The minimum Gasteiger partial charge on any atom is -0.493 e. The van der Waals surface area contributed by atoms with E-state index in [-0.39, 0.29) is 96.6 Å². The van der Waals surface area contributed by atoms with Gasteiger partial charge in [0, 0.05) is 63.9 Å². The third-order valence-corrected chi connectivity index (χ3v) is 19.5. The Morgan fingerprint density at radius 2 is 0.829 bits per heavy atom. The van der Waals surface area contributed by atoms with Crippen molar-refractivity contribution in [2.24, 2.45) is 11.5 Å². The van der Waals surface area contributed by atoms with E-state index in [0.29, 0.717) is 113 Å². The zero-order valence-electron chi connectivity index (χ0n) is 63.2. The Bertz CT molecular complexity index is 4850. The number of halogens is 6. The number of rotatable bonds is 23. The van der Waals surface area contributed by atoms with Crippen molar-refractivity contribution in [3.8, 4) is 74.0 Å². The van der Waals surface area contributed by atoms with Gasteiger partial charge in [-0.15, -0.1) is 0 Å². The number of aliphatic hydroxyl groups is 3. The van der Waals surface area contributed by atoms with Gasteiger partial charge < -0.3 is 80.1 Å². The molecule has 111 heavy (non-hydrogen) atoms. The lowest BCUT2D eigenvalue weighted by atomic mass is 9.90. The van der Waals surface area contributed by atoms with Crippen LogP contribution >= 0.6 is 34.8 Å². The molecule has 2 fully saturated rings. The summed E-state index contributed by atoms with van der Waals surface area (Å²) in [6.07, 6.45) is 3.40. The van der Waals surface area contributed by atoms with E-state index in [1.165, 1.54) is 69.7 Å². The van der Waals surface area contributed by atoms with Crippen LogP contribution in [0.25, 0.3) is 33.8 Å². The van der Waals surface area contributed by atoms with Crippen molar-refractivity contribution in [1.82, 2.24) is 25.6 Å². The first kappa shape index (κ1) is 82.5. The largest absolute Gasteiger partial charge is 0.493 e. The fourth-order valence-corrected chi connectivity index (χ4v) is 12.7. The van der Waals surface area contributed by atoms with Gasteiger partial charge in [-0.05, 0) is 210 Å². The number of fused-ring (bicyclic) bond motifs is 3. The molecule has 6 atom stereocenters. The first-order chi connectivity index (χ1) is 52.3. The van der Waals surface area contributed by atoms with Gasteiger partial charge in [-0.25, -0.2) is 37.7 Å². The van der Waals surface area contributed by atoms with Crippen LogP contribution in [0.4, 0.5) is 22.8 Å². The molecular formula is C82H89Cl3F3N7O16. The Morgan fingerprint density at radius 1 is 0.486 bits per heavy atom. The fourth-order valence-electron chi connectivity index (χ4n) is 12.1. The quantitative estimate of drug-likeness (QED) is 0.0293. The minimum absolute atomic E-state index is 0.00550. The number of pyridine rings is 3. The number of ether oxygens (including phenoxy) is 9. The first-order valence-corrected chi connectivity index (χ1v) is 37.2. The average Bonchev–Trinajstić information content (AvgIpc) is 1.70. The maximum absolute atomic E-state index is 14.0. The average molecular weight is 1590 g/mol. The molecule has 2 aliphatic carbocycles. The van der Waals surface area contributed by atoms with Gasteiger partial charge >= 0.3 is 12.2 Å². The van der Waals surface area contributed by atoms with Crippen LogP contribution in [0.15, 0.2) is 109 Å². The number of benzene rings is 5. The van der Waals surface area contributed by atoms with Crippen molar-refractivity contribution in [2.75, 3.05) is 40.6 Å². The molecule has 6 unspecified atom stereocenters. The highest BCUT2D eigenvalue weighted by atomic mass is 35.5. The Hall–Kier alpha value is -9.51. The van der Waals surface area contributed by atoms with Crippen LogP contribution in [0.5, 0.6) is 40.2 Å². The van der Waals surface area contributed by atoms with E-state index in [2.05, 4.69) is 20.6 Å². The highest BCUT2D eigenvalue weighted by Crippen LogP contribution is 2.48. The summed E-state index contributed by atoms with van der Waals surface area (Å²) in [7, 11) is 3.06. The van der Waals surface area contributed by atoms with Crippen molar-refractivity contribution in [3.05, 3.63) is 187 Å². The number of amides is 2. The normalized spacial score (nSPS) is 17.6. The molecule has 2 saturated carbocycles. The molecule has 6 heterocycles. The third-order valence-electron chi connectivity index (χ3n) is 18.7. The van der Waals surface area contributed by atoms with Crippen LogP contribution in [-0.4, -0.2) is 118 Å². The number of methoxy groups -OCH3 is 2. The fraction of sp³-hybridized carbons (Fsp3) is 0.402. The van der Waals surface area contributed by atoms with Crippen LogP contribution in [0.3, 0.4) is 0 Å². The van der Waals surface area contributed by atoms with Crippen LogP contribution < -0.4 is 55.3 Å². The van der Waals surface area contributed by atoms with Crippen LogP contribution in [0, 0.1) is 17.5 Å². The van der Waals surface area contributed by atoms with E-state index in [4.69, 9.17) is 93.9 Å². The molecule has 5 aromatic carbocycles. The van der Waals surface area contributed by atoms with Gasteiger partial charge in [0.05, 0.1) is 76.7 Å². The molecule has 590 valence electrons. The summed E-state index contributed by atoms with van der Waals surface area (Å²) in [4.78, 5) is 65.0. The number of Topliss-reactive ketones (excluding diaryl/α,β-unsaturated/α-hetero) is 2. The smallest absolute Gasteiger partial charge is 0.408 e. The van der Waals surface area contributed by atoms with E-state index in [1.54, 1.807) is 116 Å².